The first kappa shape index (κ1) is 18.4. The summed E-state index contributed by atoms with van der Waals surface area (Å²) in [5.41, 5.74) is 18.8. The maximum atomic E-state index is 5.56. The number of anilines is 2. The molecule has 1 aromatic carbocycles. The molecule has 0 aliphatic carbocycles. The van der Waals surface area contributed by atoms with Gasteiger partial charge in [-0.2, -0.15) is 0 Å². The Kier molecular flexibility index (Phi) is 11.7. The van der Waals surface area contributed by atoms with Crippen LogP contribution < -0.4 is 17.2 Å². The summed E-state index contributed by atoms with van der Waals surface area (Å²) < 4.78 is 0. The smallest absolute Gasteiger partial charge is 0.0361 e. The largest absolute Gasteiger partial charge is 0.399 e. The van der Waals surface area contributed by atoms with Crippen molar-refractivity contribution in [3.8, 4) is 0 Å². The van der Waals surface area contributed by atoms with Crippen LogP contribution in [-0.4, -0.2) is 0 Å². The number of nitrogens with two attached hydrogens (primary N) is 3. The molecule has 0 atom stereocenters. The van der Waals surface area contributed by atoms with Crippen molar-refractivity contribution in [3.63, 3.8) is 0 Å². The van der Waals surface area contributed by atoms with Crippen LogP contribution in [0.4, 0.5) is 11.4 Å². The van der Waals surface area contributed by atoms with Crippen molar-refractivity contribution in [2.75, 3.05) is 11.5 Å². The summed E-state index contributed by atoms with van der Waals surface area (Å²) in [4.78, 5) is 0. The molecule has 0 saturated heterocycles. The second-order valence-electron chi connectivity index (χ2n) is 2.16. The van der Waals surface area contributed by atoms with E-state index in [0.717, 1.165) is 5.56 Å². The van der Waals surface area contributed by atoms with E-state index in [4.69, 9.17) is 17.2 Å². The summed E-state index contributed by atoms with van der Waals surface area (Å²) in [6.07, 6.45) is 0. The Morgan fingerprint density at radius 1 is 1.00 bits per heavy atom. The second-order valence-corrected chi connectivity index (χ2v) is 2.16. The summed E-state index contributed by atoms with van der Waals surface area (Å²) >= 11 is 0. The zero-order valence-electron chi connectivity index (χ0n) is 6.90. The topological polar surface area (TPSA) is 78.1 Å². The first-order valence-electron chi connectivity index (χ1n) is 3.08. The van der Waals surface area contributed by atoms with Crippen molar-refractivity contribution in [2.24, 2.45) is 5.73 Å². The quantitative estimate of drug-likeness (QED) is 0.658. The molecule has 0 amide bonds. The first-order valence-corrected chi connectivity index (χ1v) is 3.08. The lowest BCUT2D eigenvalue weighted by Gasteiger charge is -2.02. The minimum Gasteiger partial charge on any atom is -0.399 e. The Labute approximate surface area is 96.3 Å². The Balaban J connectivity index is -0.000000333. The van der Waals surface area contributed by atoms with Crippen LogP contribution in [0.5, 0.6) is 0 Å². The van der Waals surface area contributed by atoms with Crippen LogP contribution in [0.25, 0.3) is 0 Å². The van der Waals surface area contributed by atoms with E-state index in [-0.39, 0.29) is 37.2 Å². The SMILES string of the molecule is Cl.Cl.Cl.NCc1cc(N)ccc1N. The van der Waals surface area contributed by atoms with E-state index in [1.165, 1.54) is 0 Å². The summed E-state index contributed by atoms with van der Waals surface area (Å²) in [5.74, 6) is 0. The molecular formula is C7H14Cl3N3. The molecule has 0 aromatic heterocycles. The highest BCUT2D eigenvalue weighted by atomic mass is 35.5. The highest BCUT2D eigenvalue weighted by Crippen LogP contribution is 2.13. The number of hydrogen-bond acceptors (Lipinski definition) is 3. The third kappa shape index (κ3) is 5.05. The molecule has 78 valence electrons. The van der Waals surface area contributed by atoms with Crippen molar-refractivity contribution in [1.29, 1.82) is 0 Å². The van der Waals surface area contributed by atoms with E-state index in [9.17, 15) is 0 Å². The van der Waals surface area contributed by atoms with Crippen molar-refractivity contribution < 1.29 is 0 Å². The van der Waals surface area contributed by atoms with Crippen LogP contribution in [0, 0.1) is 0 Å². The van der Waals surface area contributed by atoms with Crippen LogP contribution in [-0.2, 0) is 6.54 Å². The molecule has 0 spiro atoms. The Bertz CT molecular complexity index is 242. The fraction of sp³-hybridized carbons (Fsp3) is 0.143. The van der Waals surface area contributed by atoms with E-state index in [0.29, 0.717) is 17.9 Å². The monoisotopic (exact) mass is 245 g/mol. The molecular weight excluding hydrogens is 232 g/mol. The number of nitrogen functional groups attached to an aromatic ring is 2. The Morgan fingerprint density at radius 3 is 1.92 bits per heavy atom. The van der Waals surface area contributed by atoms with Gasteiger partial charge in [-0.3, -0.25) is 0 Å². The molecule has 0 saturated carbocycles. The van der Waals surface area contributed by atoms with Gasteiger partial charge in [0.15, 0.2) is 0 Å². The number of rotatable bonds is 1. The molecule has 0 unspecified atom stereocenters. The predicted molar refractivity (Wildman–Crippen MR) is 64.9 cm³/mol. The lowest BCUT2D eigenvalue weighted by Crippen LogP contribution is -2.02. The van der Waals surface area contributed by atoms with Crippen molar-refractivity contribution in [2.45, 2.75) is 6.54 Å². The zero-order chi connectivity index (χ0) is 7.56. The van der Waals surface area contributed by atoms with Gasteiger partial charge < -0.3 is 17.2 Å². The average molecular weight is 247 g/mol. The van der Waals surface area contributed by atoms with Gasteiger partial charge in [0.2, 0.25) is 0 Å². The molecule has 6 heteroatoms. The maximum absolute atomic E-state index is 5.56. The second kappa shape index (κ2) is 8.26. The first-order chi connectivity index (χ1) is 4.74. The van der Waals surface area contributed by atoms with E-state index < -0.39 is 0 Å². The van der Waals surface area contributed by atoms with Crippen LogP contribution >= 0.6 is 37.2 Å². The van der Waals surface area contributed by atoms with Gasteiger partial charge >= 0.3 is 0 Å². The molecule has 0 aliphatic heterocycles. The summed E-state index contributed by atoms with van der Waals surface area (Å²) in [7, 11) is 0. The van der Waals surface area contributed by atoms with E-state index >= 15 is 0 Å². The minimum absolute atomic E-state index is 0. The fourth-order valence-corrected chi connectivity index (χ4v) is 0.802. The van der Waals surface area contributed by atoms with Gasteiger partial charge in [-0.05, 0) is 23.8 Å². The van der Waals surface area contributed by atoms with Gasteiger partial charge in [0, 0.05) is 17.9 Å². The average Bonchev–Trinajstić information content (AvgIpc) is 1.94. The summed E-state index contributed by atoms with van der Waals surface area (Å²) in [6.45, 7) is 0.441. The Morgan fingerprint density at radius 2 is 1.54 bits per heavy atom. The van der Waals surface area contributed by atoms with Gasteiger partial charge in [0.25, 0.3) is 0 Å². The summed E-state index contributed by atoms with van der Waals surface area (Å²) in [6, 6.07) is 5.31. The zero-order valence-corrected chi connectivity index (χ0v) is 9.35. The standard InChI is InChI=1S/C7H11N3.3ClH/c8-4-5-3-6(9)1-2-7(5)10;;;/h1-3H,4,8-10H2;3*1H. The molecule has 0 fully saturated rings. The van der Waals surface area contributed by atoms with Crippen LogP contribution in [0.3, 0.4) is 0 Å². The minimum atomic E-state index is 0. The van der Waals surface area contributed by atoms with E-state index in [2.05, 4.69) is 0 Å². The van der Waals surface area contributed by atoms with Crippen LogP contribution in [0.2, 0.25) is 0 Å². The van der Waals surface area contributed by atoms with Gasteiger partial charge in [-0.1, -0.05) is 0 Å². The van der Waals surface area contributed by atoms with Crippen molar-refractivity contribution in [1.82, 2.24) is 0 Å². The molecule has 0 radical (unpaired) electrons. The molecule has 0 bridgehead atoms. The van der Waals surface area contributed by atoms with Gasteiger partial charge in [-0.15, -0.1) is 37.2 Å². The predicted octanol–water partition coefficient (Wildman–Crippen LogP) is 1.58. The number of halogens is 3. The lowest BCUT2D eigenvalue weighted by atomic mass is 10.1. The third-order valence-corrected chi connectivity index (χ3v) is 1.39. The molecule has 3 nitrogen and oxygen atoms in total. The molecule has 6 N–H and O–H groups in total. The Hall–Kier alpha value is -0.350. The number of hydrogen-bond donors (Lipinski definition) is 3. The molecule has 0 heterocycles. The normalized spacial score (nSPS) is 7.46. The highest BCUT2D eigenvalue weighted by Gasteiger charge is 1.94. The van der Waals surface area contributed by atoms with Gasteiger partial charge in [-0.25, -0.2) is 0 Å². The molecule has 1 rings (SSSR count). The number of benzene rings is 1. The lowest BCUT2D eigenvalue weighted by molar-refractivity contribution is 1.08. The fourth-order valence-electron chi connectivity index (χ4n) is 0.802. The maximum Gasteiger partial charge on any atom is 0.0361 e. The van der Waals surface area contributed by atoms with Crippen LogP contribution in [0.1, 0.15) is 5.56 Å². The van der Waals surface area contributed by atoms with E-state index in [1.807, 2.05) is 0 Å². The highest BCUT2D eigenvalue weighted by molar-refractivity contribution is 5.86. The molecule has 0 aliphatic rings. The third-order valence-electron chi connectivity index (χ3n) is 1.39. The molecule has 13 heavy (non-hydrogen) atoms. The van der Waals surface area contributed by atoms with Gasteiger partial charge in [0.05, 0.1) is 0 Å². The van der Waals surface area contributed by atoms with Crippen molar-refractivity contribution in [3.05, 3.63) is 23.8 Å². The van der Waals surface area contributed by atoms with Crippen LogP contribution in [0.15, 0.2) is 18.2 Å². The molecule has 1 aromatic rings. The van der Waals surface area contributed by atoms with Gasteiger partial charge in [0.1, 0.15) is 0 Å². The van der Waals surface area contributed by atoms with Crippen molar-refractivity contribution >= 4 is 48.6 Å². The van der Waals surface area contributed by atoms with E-state index in [1.54, 1.807) is 18.2 Å². The summed E-state index contributed by atoms with van der Waals surface area (Å²) in [5, 5.41) is 0.